The predicted molar refractivity (Wildman–Crippen MR) is 135 cm³/mol. The van der Waals surface area contributed by atoms with Gasteiger partial charge in [0.25, 0.3) is 0 Å². The van der Waals surface area contributed by atoms with E-state index in [4.69, 9.17) is 11.6 Å². The van der Waals surface area contributed by atoms with E-state index in [-0.39, 0.29) is 0 Å². The minimum atomic E-state index is -0.740. The summed E-state index contributed by atoms with van der Waals surface area (Å²) in [4.78, 5) is 3.84. The number of halogens is 1. The molecule has 2 aliphatic rings. The van der Waals surface area contributed by atoms with Gasteiger partial charge in [0.05, 0.1) is 5.60 Å². The van der Waals surface area contributed by atoms with E-state index in [0.29, 0.717) is 5.02 Å². The zero-order chi connectivity index (χ0) is 22.0. The number of hydrogen-bond donors (Lipinski definition) is 1. The van der Waals surface area contributed by atoms with Crippen LogP contribution in [-0.2, 0) is 11.4 Å². The first-order chi connectivity index (χ1) is 15.6. The summed E-state index contributed by atoms with van der Waals surface area (Å²) < 4.78 is 0. The van der Waals surface area contributed by atoms with Gasteiger partial charge in [0.15, 0.2) is 0 Å². The number of fused-ring (bicyclic) bond motifs is 2. The molecule has 2 nitrogen and oxygen atoms in total. The highest BCUT2D eigenvalue weighted by Gasteiger charge is 2.33. The molecule has 3 aromatic rings. The average molecular weight is 462 g/mol. The van der Waals surface area contributed by atoms with Crippen molar-refractivity contribution >= 4 is 28.9 Å². The van der Waals surface area contributed by atoms with Crippen LogP contribution in [0.5, 0.6) is 0 Å². The summed E-state index contributed by atoms with van der Waals surface area (Å²) in [7, 11) is 0. The molecule has 164 valence electrons. The maximum atomic E-state index is 11.1. The van der Waals surface area contributed by atoms with E-state index < -0.39 is 5.60 Å². The molecule has 0 aromatic heterocycles. The van der Waals surface area contributed by atoms with Crippen molar-refractivity contribution in [1.29, 1.82) is 0 Å². The van der Waals surface area contributed by atoms with E-state index in [1.807, 2.05) is 36.0 Å². The second-order valence-corrected chi connectivity index (χ2v) is 10.2. The third kappa shape index (κ3) is 4.53. The number of likely N-dealkylation sites (tertiary alicyclic amines) is 1. The average Bonchev–Trinajstić information content (AvgIpc) is 2.98. The first-order valence-corrected chi connectivity index (χ1v) is 12.7. The highest BCUT2D eigenvalue weighted by atomic mass is 35.5. The molecule has 0 atom stereocenters. The number of piperidine rings is 1. The highest BCUT2D eigenvalue weighted by Crippen LogP contribution is 2.40. The molecule has 32 heavy (non-hydrogen) atoms. The second kappa shape index (κ2) is 9.44. The normalized spacial score (nSPS) is 19.2. The predicted octanol–water partition coefficient (Wildman–Crippen LogP) is 6.75. The Hall–Kier alpha value is -2.04. The molecule has 4 heteroatoms. The molecule has 5 rings (SSSR count). The number of hydrogen-bond acceptors (Lipinski definition) is 3. The van der Waals surface area contributed by atoms with Crippen molar-refractivity contribution in [2.45, 2.75) is 35.5 Å². The van der Waals surface area contributed by atoms with Crippen molar-refractivity contribution in [3.63, 3.8) is 0 Å². The first-order valence-electron chi connectivity index (χ1n) is 11.3. The van der Waals surface area contributed by atoms with Gasteiger partial charge in [-0.05, 0) is 65.3 Å². The lowest BCUT2D eigenvalue weighted by Crippen LogP contribution is -2.42. The zero-order valence-electron chi connectivity index (χ0n) is 18.1. The number of aliphatic hydroxyl groups is 1. The Morgan fingerprint density at radius 2 is 1.59 bits per heavy atom. The molecular weight excluding hydrogens is 434 g/mol. The highest BCUT2D eigenvalue weighted by molar-refractivity contribution is 7.98. The van der Waals surface area contributed by atoms with Crippen LogP contribution >= 0.6 is 23.4 Å². The third-order valence-corrected chi connectivity index (χ3v) is 8.10. The fourth-order valence-corrected chi connectivity index (χ4v) is 6.03. The molecule has 0 amide bonds. The van der Waals surface area contributed by atoms with Crippen LogP contribution in [0, 0.1) is 0 Å². The van der Waals surface area contributed by atoms with E-state index >= 15 is 0 Å². The topological polar surface area (TPSA) is 23.5 Å². The minimum Gasteiger partial charge on any atom is -0.385 e. The van der Waals surface area contributed by atoms with Crippen LogP contribution in [0.15, 0.2) is 83.8 Å². The third-order valence-electron chi connectivity index (χ3n) is 6.73. The van der Waals surface area contributed by atoms with Crippen molar-refractivity contribution in [3.8, 4) is 0 Å². The lowest BCUT2D eigenvalue weighted by molar-refractivity contribution is -0.0254. The van der Waals surface area contributed by atoms with Crippen LogP contribution in [-0.4, -0.2) is 29.6 Å². The zero-order valence-corrected chi connectivity index (χ0v) is 19.7. The summed E-state index contributed by atoms with van der Waals surface area (Å²) in [6.07, 6.45) is 4.94. The summed E-state index contributed by atoms with van der Waals surface area (Å²) in [6, 6.07) is 25.2. The fraction of sp³-hybridized carbons (Fsp3) is 0.286. The Balaban J connectivity index is 1.28. The van der Waals surface area contributed by atoms with E-state index in [1.165, 1.54) is 27.2 Å². The van der Waals surface area contributed by atoms with Crippen LogP contribution in [0.4, 0.5) is 0 Å². The van der Waals surface area contributed by atoms with Gasteiger partial charge in [0, 0.05) is 35.3 Å². The summed E-state index contributed by atoms with van der Waals surface area (Å²) in [5, 5.41) is 11.9. The van der Waals surface area contributed by atoms with Gasteiger partial charge in [-0.3, -0.25) is 0 Å². The monoisotopic (exact) mass is 461 g/mol. The van der Waals surface area contributed by atoms with E-state index in [0.717, 1.165) is 50.2 Å². The maximum Gasteiger partial charge on any atom is 0.0920 e. The summed E-state index contributed by atoms with van der Waals surface area (Å²) >= 11 is 7.95. The molecule has 0 aliphatic carbocycles. The Bertz CT molecular complexity index is 1070. The molecule has 0 unspecified atom stereocenters. The molecule has 0 bridgehead atoms. The molecule has 0 radical (unpaired) electrons. The van der Waals surface area contributed by atoms with Crippen LogP contribution in [0.1, 0.15) is 41.5 Å². The molecule has 3 aromatic carbocycles. The summed E-state index contributed by atoms with van der Waals surface area (Å²) in [5.74, 6) is 1.01. The van der Waals surface area contributed by atoms with Gasteiger partial charge in [0.1, 0.15) is 0 Å². The van der Waals surface area contributed by atoms with Crippen LogP contribution in [0.3, 0.4) is 0 Å². The van der Waals surface area contributed by atoms with Crippen LogP contribution in [0.25, 0.3) is 5.57 Å². The number of nitrogens with zero attached hydrogens (tertiary/aromatic N) is 1. The van der Waals surface area contributed by atoms with Gasteiger partial charge in [-0.1, -0.05) is 72.3 Å². The van der Waals surface area contributed by atoms with Crippen molar-refractivity contribution < 1.29 is 5.11 Å². The maximum absolute atomic E-state index is 11.1. The SMILES string of the molecule is OC1(c2ccc(Cl)cc2)CCN(CC/C=C2/c3ccccc3CSc3ccccc32)CC1. The Morgan fingerprint density at radius 1 is 0.906 bits per heavy atom. The van der Waals surface area contributed by atoms with Gasteiger partial charge in [-0.2, -0.15) is 0 Å². The van der Waals surface area contributed by atoms with Crippen LogP contribution in [0.2, 0.25) is 5.02 Å². The molecule has 0 saturated carbocycles. The van der Waals surface area contributed by atoms with Crippen molar-refractivity contribution in [3.05, 3.63) is 106 Å². The largest absolute Gasteiger partial charge is 0.385 e. The number of rotatable bonds is 4. The van der Waals surface area contributed by atoms with Gasteiger partial charge >= 0.3 is 0 Å². The Kier molecular flexibility index (Phi) is 6.43. The van der Waals surface area contributed by atoms with Crippen molar-refractivity contribution in [2.75, 3.05) is 19.6 Å². The Morgan fingerprint density at radius 3 is 2.38 bits per heavy atom. The molecule has 1 saturated heterocycles. The Labute approximate surface area is 199 Å². The molecule has 2 heterocycles. The molecule has 1 N–H and O–H groups in total. The lowest BCUT2D eigenvalue weighted by atomic mass is 9.84. The smallest absolute Gasteiger partial charge is 0.0920 e. The fourth-order valence-electron chi connectivity index (χ4n) is 4.83. The second-order valence-electron chi connectivity index (χ2n) is 8.73. The summed E-state index contributed by atoms with van der Waals surface area (Å²) in [6.45, 7) is 2.83. The van der Waals surface area contributed by atoms with Gasteiger partial charge in [-0.25, -0.2) is 0 Å². The number of benzene rings is 3. The van der Waals surface area contributed by atoms with Crippen molar-refractivity contribution in [2.24, 2.45) is 0 Å². The van der Waals surface area contributed by atoms with Gasteiger partial charge in [0.2, 0.25) is 0 Å². The van der Waals surface area contributed by atoms with Crippen LogP contribution < -0.4 is 0 Å². The van der Waals surface area contributed by atoms with Crippen molar-refractivity contribution in [1.82, 2.24) is 4.90 Å². The van der Waals surface area contributed by atoms with E-state index in [2.05, 4.69) is 59.5 Å². The molecule has 0 spiro atoms. The molecule has 2 aliphatic heterocycles. The summed E-state index contributed by atoms with van der Waals surface area (Å²) in [5.41, 5.74) is 5.71. The molecular formula is C28H28ClNOS. The lowest BCUT2D eigenvalue weighted by Gasteiger charge is -2.38. The molecule has 1 fully saturated rings. The van der Waals surface area contributed by atoms with E-state index in [1.54, 1.807) is 0 Å². The van der Waals surface area contributed by atoms with Gasteiger partial charge < -0.3 is 10.0 Å². The number of thioether (sulfide) groups is 1. The quantitative estimate of drug-likeness (QED) is 0.464. The van der Waals surface area contributed by atoms with Gasteiger partial charge in [-0.15, -0.1) is 11.8 Å². The standard InChI is InChI=1S/C28H28ClNOS/c29-23-13-11-22(12-14-23)28(31)15-18-30(19-16-28)17-5-9-25-24-7-2-1-6-21(24)20-32-27-10-4-3-8-26(25)27/h1-4,6-14,31H,5,15-20H2/b25-9-. The minimum absolute atomic E-state index is 0.711. The van der Waals surface area contributed by atoms with E-state index in [9.17, 15) is 5.11 Å². The first kappa shape index (κ1) is 21.8.